The van der Waals surface area contributed by atoms with E-state index in [1.807, 2.05) is 0 Å². The van der Waals surface area contributed by atoms with Crippen LogP contribution in [0.4, 0.5) is 0 Å². The topological polar surface area (TPSA) is 0 Å². The molecule has 308 valence electrons. The van der Waals surface area contributed by atoms with Gasteiger partial charge in [0.25, 0.3) is 0 Å². The van der Waals surface area contributed by atoms with Crippen molar-refractivity contribution in [1.29, 1.82) is 0 Å². The van der Waals surface area contributed by atoms with Crippen molar-refractivity contribution in [2.75, 3.05) is 0 Å². The fourth-order valence-electron chi connectivity index (χ4n) is 6.94. The normalized spacial score (nSPS) is 9.66. The summed E-state index contributed by atoms with van der Waals surface area (Å²) in [7, 11) is 2.17. The van der Waals surface area contributed by atoms with Crippen LogP contribution in [-0.4, -0.2) is 19.0 Å². The van der Waals surface area contributed by atoms with Crippen LogP contribution < -0.4 is 24.8 Å². The van der Waals surface area contributed by atoms with E-state index in [0.29, 0.717) is 0 Å². The fraction of sp³-hybridized carbons (Fsp3) is 0.308. The predicted molar refractivity (Wildman–Crippen MR) is 250 cm³/mol. The zero-order valence-electron chi connectivity index (χ0n) is 38.0. The molecule has 8 aromatic carbocycles. The molecule has 58 heavy (non-hydrogen) atoms. The summed E-state index contributed by atoms with van der Waals surface area (Å²) in [5, 5.41) is 11.3. The summed E-state index contributed by atoms with van der Waals surface area (Å²) in [5.41, 5.74) is 16.5. The third kappa shape index (κ3) is 15.8. The molecule has 0 unspecified atom stereocenters. The van der Waals surface area contributed by atoms with Crippen molar-refractivity contribution < 1.29 is 76.5 Å². The predicted octanol–water partition coefficient (Wildman–Crippen LogP) is 9.51. The Morgan fingerprint density at radius 2 is 0.431 bits per heavy atom. The number of rotatable bonds is 0. The summed E-state index contributed by atoms with van der Waals surface area (Å²) >= 11 is 0. The number of aryl methyl sites for hydroxylation is 12. The minimum atomic E-state index is 0. The van der Waals surface area contributed by atoms with Crippen LogP contribution in [-0.2, 0) is 51.7 Å². The molecule has 0 heterocycles. The van der Waals surface area contributed by atoms with Gasteiger partial charge in [0.15, 0.2) is 0 Å². The maximum absolute atomic E-state index is 2.26. The Hall–Kier alpha value is -1.93. The molecule has 0 saturated heterocycles. The minimum Gasteiger partial charge on any atom is -1.00 e. The van der Waals surface area contributed by atoms with Crippen LogP contribution in [0.3, 0.4) is 0 Å². The molecular formula is C52H64Cl2Hf2Si2-6. The molecule has 0 aliphatic rings. The first-order chi connectivity index (χ1) is 25.6. The number of fused-ring (bicyclic) bond motifs is 4. The third-order valence-corrected chi connectivity index (χ3v) is 9.87. The maximum atomic E-state index is 2.26. The quantitative estimate of drug-likeness (QED) is 0.105. The van der Waals surface area contributed by atoms with Gasteiger partial charge in [-0.05, 0) is 27.7 Å². The van der Waals surface area contributed by atoms with Gasteiger partial charge < -0.3 is 24.8 Å². The Morgan fingerprint density at radius 1 is 0.293 bits per heavy atom. The van der Waals surface area contributed by atoms with Crippen molar-refractivity contribution >= 4 is 62.1 Å². The summed E-state index contributed by atoms with van der Waals surface area (Å²) < 4.78 is 0. The summed E-state index contributed by atoms with van der Waals surface area (Å²) in [6.07, 6.45) is 0. The summed E-state index contributed by atoms with van der Waals surface area (Å²) in [6, 6.07) is 35.6. The van der Waals surface area contributed by atoms with E-state index < -0.39 is 0 Å². The van der Waals surface area contributed by atoms with Gasteiger partial charge >= 0.3 is 0 Å². The molecule has 0 N–H and O–H groups in total. The first kappa shape index (κ1) is 58.2. The standard InChI is InChI=1S/4C12H13.2C2H6Si.2ClH.2Hf/c4*1-8-6-11-9(2)4-5-10(3)12(11)7-8;2*1-3-2;;;;/h4*4-7H,1-3H3;2*1-2H3;2*1H;;/q4*-1;;;;;;/p-2. The number of hydrogen-bond acceptors (Lipinski definition) is 0. The van der Waals surface area contributed by atoms with Gasteiger partial charge in [-0.15, -0.1) is 136 Å². The van der Waals surface area contributed by atoms with E-state index in [-0.39, 0.29) is 76.5 Å². The van der Waals surface area contributed by atoms with E-state index in [0.717, 1.165) is 19.0 Å². The SMILES string of the molecule is C[Si]C.C[Si]C.Cc1cc2c(C)ccc(C)c2[cH-]1.Cc1cc2c(C)ccc(C)c2[cH-]1.Cc1cc2c(C)ccc(C)c2[cH-]1.Cc1cc2c(C)ccc(C)c2[cH-]1.[Cl-].[Cl-].[Hf].[Hf]. The number of halogens is 2. The largest absolute Gasteiger partial charge is 1.00 e. The molecule has 0 atom stereocenters. The van der Waals surface area contributed by atoms with Crippen molar-refractivity contribution in [1.82, 2.24) is 0 Å². The zero-order chi connectivity index (χ0) is 40.3. The molecule has 4 radical (unpaired) electrons. The van der Waals surface area contributed by atoms with E-state index >= 15 is 0 Å². The molecule has 0 bridgehead atoms. The molecule has 0 aliphatic carbocycles. The fourth-order valence-corrected chi connectivity index (χ4v) is 6.94. The van der Waals surface area contributed by atoms with E-state index in [1.54, 1.807) is 0 Å². The second-order valence-corrected chi connectivity index (χ2v) is 17.2. The average Bonchev–Trinajstić information content (AvgIpc) is 3.92. The average molecular weight is 1170 g/mol. The van der Waals surface area contributed by atoms with E-state index in [4.69, 9.17) is 0 Å². The first-order valence-electron chi connectivity index (χ1n) is 19.3. The van der Waals surface area contributed by atoms with E-state index in [2.05, 4.69) is 206 Å². The van der Waals surface area contributed by atoms with Gasteiger partial charge in [0.2, 0.25) is 0 Å². The Labute approximate surface area is 407 Å². The first-order valence-corrected chi connectivity index (χ1v) is 23.3. The van der Waals surface area contributed by atoms with Gasteiger partial charge in [0.05, 0.1) is 0 Å². The van der Waals surface area contributed by atoms with E-state index in [9.17, 15) is 0 Å². The van der Waals surface area contributed by atoms with Crippen LogP contribution in [0.2, 0.25) is 26.2 Å². The Morgan fingerprint density at radius 3 is 0.569 bits per heavy atom. The van der Waals surface area contributed by atoms with Crippen LogP contribution >= 0.6 is 0 Å². The number of benzene rings is 4. The van der Waals surface area contributed by atoms with Crippen LogP contribution in [0, 0.1) is 83.1 Å². The molecule has 0 nitrogen and oxygen atoms in total. The molecule has 0 aromatic heterocycles. The Balaban J connectivity index is 0. The van der Waals surface area contributed by atoms with Gasteiger partial charge in [-0.1, -0.05) is 128 Å². The second kappa shape index (κ2) is 27.8. The summed E-state index contributed by atoms with van der Waals surface area (Å²) in [5.74, 6) is 0. The van der Waals surface area contributed by atoms with Gasteiger partial charge in [0.1, 0.15) is 0 Å². The van der Waals surface area contributed by atoms with Crippen molar-refractivity contribution in [3.63, 3.8) is 0 Å². The minimum absolute atomic E-state index is 0. The molecule has 0 saturated carbocycles. The van der Waals surface area contributed by atoms with Crippen molar-refractivity contribution in [3.8, 4) is 0 Å². The molecule has 0 spiro atoms. The van der Waals surface area contributed by atoms with Gasteiger partial charge in [-0.25, -0.2) is 0 Å². The van der Waals surface area contributed by atoms with Gasteiger partial charge in [0, 0.05) is 70.7 Å². The summed E-state index contributed by atoms with van der Waals surface area (Å²) in [6.45, 7) is 34.6. The van der Waals surface area contributed by atoms with Crippen LogP contribution in [0.25, 0.3) is 43.1 Å². The third-order valence-electron chi connectivity index (χ3n) is 9.87. The van der Waals surface area contributed by atoms with Crippen LogP contribution in [0.1, 0.15) is 66.8 Å². The number of hydrogen-bond donors (Lipinski definition) is 0. The molecule has 0 aliphatic heterocycles. The van der Waals surface area contributed by atoms with Crippen LogP contribution in [0.5, 0.6) is 0 Å². The van der Waals surface area contributed by atoms with Gasteiger partial charge in [-0.3, -0.25) is 0 Å². The smallest absolute Gasteiger partial charge is 0.0307 e. The molecule has 8 aromatic rings. The molecule has 8 rings (SSSR count). The summed E-state index contributed by atoms with van der Waals surface area (Å²) in [4.78, 5) is 0. The van der Waals surface area contributed by atoms with Gasteiger partial charge in [-0.2, -0.15) is 24.3 Å². The maximum Gasteiger partial charge on any atom is 0.0307 e. The molecular weight excluding hydrogens is 1110 g/mol. The Kier molecular flexibility index (Phi) is 27.9. The molecule has 0 fully saturated rings. The van der Waals surface area contributed by atoms with Crippen LogP contribution in [0.15, 0.2) is 97.1 Å². The monoisotopic (exact) mass is 1170 g/mol. The Bertz CT molecular complexity index is 1930. The molecule has 0 amide bonds. The zero-order valence-corrected chi connectivity index (χ0v) is 48.7. The van der Waals surface area contributed by atoms with Crippen molar-refractivity contribution in [2.24, 2.45) is 0 Å². The second-order valence-electron chi connectivity index (χ2n) is 15.2. The van der Waals surface area contributed by atoms with Crippen molar-refractivity contribution in [3.05, 3.63) is 164 Å². The van der Waals surface area contributed by atoms with E-state index in [1.165, 1.54) is 110 Å². The van der Waals surface area contributed by atoms with Crippen molar-refractivity contribution in [2.45, 2.75) is 109 Å². The molecule has 6 heteroatoms.